The predicted molar refractivity (Wildman–Crippen MR) is 56.0 cm³/mol. The number of hydrogen-bond acceptors (Lipinski definition) is 3. The second-order valence-electron chi connectivity index (χ2n) is 2.97. The summed E-state index contributed by atoms with van der Waals surface area (Å²) in [6.07, 6.45) is 4.87. The molecule has 0 amide bonds. The zero-order valence-corrected chi connectivity index (χ0v) is 9.02. The van der Waals surface area contributed by atoms with Gasteiger partial charge in [-0.15, -0.1) is 0 Å². The van der Waals surface area contributed by atoms with Crippen molar-refractivity contribution >= 4 is 28.9 Å². The number of carbonyl (C=O) groups excluding carboxylic acids is 1. The predicted octanol–water partition coefficient (Wildman–Crippen LogP) is 2.04. The number of aldehydes is 1. The first-order chi connectivity index (χ1) is 6.29. The first-order valence-electron chi connectivity index (χ1n) is 4.07. The van der Waals surface area contributed by atoms with E-state index in [1.807, 2.05) is 6.07 Å². The summed E-state index contributed by atoms with van der Waals surface area (Å²) < 4.78 is 6.51. The van der Waals surface area contributed by atoms with Crippen LogP contribution >= 0.6 is 22.6 Å². The molecule has 0 unspecified atom stereocenters. The van der Waals surface area contributed by atoms with Gasteiger partial charge in [-0.1, -0.05) is 0 Å². The maximum Gasteiger partial charge on any atom is 0.172 e. The Balaban J connectivity index is 2.27. The van der Waals surface area contributed by atoms with Gasteiger partial charge in [0, 0.05) is 9.77 Å². The molecule has 0 spiro atoms. The molecular formula is C9H8INO2. The van der Waals surface area contributed by atoms with E-state index in [1.54, 1.807) is 6.20 Å². The van der Waals surface area contributed by atoms with Gasteiger partial charge in [0.15, 0.2) is 6.29 Å². The van der Waals surface area contributed by atoms with Crippen LogP contribution in [-0.2, 0) is 0 Å². The van der Waals surface area contributed by atoms with Crippen LogP contribution in [0.3, 0.4) is 0 Å². The fourth-order valence-electron chi connectivity index (χ4n) is 0.980. The molecule has 3 nitrogen and oxygen atoms in total. The first kappa shape index (κ1) is 8.93. The van der Waals surface area contributed by atoms with Crippen LogP contribution in [0, 0.1) is 3.57 Å². The minimum Gasteiger partial charge on any atom is -0.488 e. The number of pyridine rings is 1. The van der Waals surface area contributed by atoms with Gasteiger partial charge in [0.1, 0.15) is 11.4 Å². The molecule has 1 saturated carbocycles. The molecule has 1 heterocycles. The minimum atomic E-state index is 0.304. The van der Waals surface area contributed by atoms with Gasteiger partial charge in [-0.3, -0.25) is 4.79 Å². The zero-order chi connectivity index (χ0) is 9.26. The van der Waals surface area contributed by atoms with E-state index in [4.69, 9.17) is 4.74 Å². The maximum atomic E-state index is 10.6. The Kier molecular flexibility index (Phi) is 2.48. The highest BCUT2D eigenvalue weighted by molar-refractivity contribution is 14.1. The highest BCUT2D eigenvalue weighted by atomic mass is 127. The summed E-state index contributed by atoms with van der Waals surface area (Å²) in [5.74, 6) is 0.615. The average molecular weight is 289 g/mol. The SMILES string of the molecule is O=Cc1ncc(I)cc1OC1CC1. The standard InChI is InChI=1S/C9H8INO2/c10-6-3-9(13-7-1-2-7)8(5-12)11-4-6/h3-5,7H,1-2H2. The van der Waals surface area contributed by atoms with Crippen LogP contribution in [-0.4, -0.2) is 17.4 Å². The molecule has 68 valence electrons. The monoisotopic (exact) mass is 289 g/mol. The van der Waals surface area contributed by atoms with Gasteiger partial charge in [-0.05, 0) is 41.5 Å². The Hall–Kier alpha value is -0.650. The maximum absolute atomic E-state index is 10.6. The van der Waals surface area contributed by atoms with Crippen molar-refractivity contribution in [2.75, 3.05) is 0 Å². The molecule has 0 aliphatic heterocycles. The molecule has 1 fully saturated rings. The van der Waals surface area contributed by atoms with Crippen molar-refractivity contribution in [3.8, 4) is 5.75 Å². The molecule has 4 heteroatoms. The number of carbonyl (C=O) groups is 1. The molecule has 1 aromatic heterocycles. The van der Waals surface area contributed by atoms with E-state index in [1.165, 1.54) is 0 Å². The molecule has 0 atom stereocenters. The van der Waals surface area contributed by atoms with E-state index < -0.39 is 0 Å². The highest BCUT2D eigenvalue weighted by Gasteiger charge is 2.24. The number of halogens is 1. The van der Waals surface area contributed by atoms with E-state index in [-0.39, 0.29) is 0 Å². The van der Waals surface area contributed by atoms with Gasteiger partial charge in [0.05, 0.1) is 6.10 Å². The van der Waals surface area contributed by atoms with Gasteiger partial charge in [-0.2, -0.15) is 0 Å². The average Bonchev–Trinajstić information content (AvgIpc) is 2.89. The van der Waals surface area contributed by atoms with Gasteiger partial charge in [-0.25, -0.2) is 4.98 Å². The smallest absolute Gasteiger partial charge is 0.172 e. The fourth-order valence-corrected chi connectivity index (χ4v) is 1.40. The lowest BCUT2D eigenvalue weighted by atomic mass is 10.3. The molecule has 0 N–H and O–H groups in total. The van der Waals surface area contributed by atoms with E-state index in [0.29, 0.717) is 17.5 Å². The summed E-state index contributed by atoms with van der Waals surface area (Å²) in [6.45, 7) is 0. The van der Waals surface area contributed by atoms with Gasteiger partial charge < -0.3 is 4.74 Å². The summed E-state index contributed by atoms with van der Waals surface area (Å²) in [4.78, 5) is 14.6. The van der Waals surface area contributed by atoms with Crippen LogP contribution in [0.1, 0.15) is 23.3 Å². The summed E-state index contributed by atoms with van der Waals surface area (Å²) in [5.41, 5.74) is 0.396. The molecule has 0 saturated heterocycles. The Bertz CT molecular complexity index is 336. The van der Waals surface area contributed by atoms with E-state index in [2.05, 4.69) is 27.6 Å². The van der Waals surface area contributed by atoms with Gasteiger partial charge >= 0.3 is 0 Å². The summed E-state index contributed by atoms with van der Waals surface area (Å²) in [5, 5.41) is 0. The van der Waals surface area contributed by atoms with Crippen LogP contribution in [0.4, 0.5) is 0 Å². The minimum absolute atomic E-state index is 0.304. The lowest BCUT2D eigenvalue weighted by Gasteiger charge is -2.05. The number of ether oxygens (including phenoxy) is 1. The third kappa shape index (κ3) is 2.18. The molecule has 1 aliphatic carbocycles. The second-order valence-corrected chi connectivity index (χ2v) is 4.22. The highest BCUT2D eigenvalue weighted by Crippen LogP contribution is 2.28. The third-order valence-electron chi connectivity index (χ3n) is 1.78. The number of rotatable bonds is 3. The third-order valence-corrected chi connectivity index (χ3v) is 2.37. The molecular weight excluding hydrogens is 281 g/mol. The zero-order valence-electron chi connectivity index (χ0n) is 6.87. The first-order valence-corrected chi connectivity index (χ1v) is 5.15. The topological polar surface area (TPSA) is 39.2 Å². The Labute approximate surface area is 89.6 Å². The van der Waals surface area contributed by atoms with Crippen molar-refractivity contribution in [3.63, 3.8) is 0 Å². The number of hydrogen-bond donors (Lipinski definition) is 0. The largest absolute Gasteiger partial charge is 0.488 e. The molecule has 0 bridgehead atoms. The Morgan fingerprint density at radius 2 is 2.38 bits per heavy atom. The van der Waals surface area contributed by atoms with E-state index in [0.717, 1.165) is 22.7 Å². The van der Waals surface area contributed by atoms with E-state index in [9.17, 15) is 4.79 Å². The molecule has 2 rings (SSSR count). The van der Waals surface area contributed by atoms with Crippen LogP contribution in [0.2, 0.25) is 0 Å². The molecule has 13 heavy (non-hydrogen) atoms. The van der Waals surface area contributed by atoms with Gasteiger partial charge in [0.2, 0.25) is 0 Å². The summed E-state index contributed by atoms with van der Waals surface area (Å²) >= 11 is 2.15. The summed E-state index contributed by atoms with van der Waals surface area (Å²) in [7, 11) is 0. The van der Waals surface area contributed by atoms with Crippen LogP contribution in [0.5, 0.6) is 5.75 Å². The quantitative estimate of drug-likeness (QED) is 0.631. The fraction of sp³-hybridized carbons (Fsp3) is 0.333. The lowest BCUT2D eigenvalue weighted by Crippen LogP contribution is -2.01. The second kappa shape index (κ2) is 3.61. The molecule has 1 aliphatic rings. The number of nitrogens with zero attached hydrogens (tertiary/aromatic N) is 1. The Morgan fingerprint density at radius 1 is 1.62 bits per heavy atom. The van der Waals surface area contributed by atoms with Crippen molar-refractivity contribution in [3.05, 3.63) is 21.5 Å². The molecule has 1 aromatic rings. The van der Waals surface area contributed by atoms with Crippen molar-refractivity contribution < 1.29 is 9.53 Å². The van der Waals surface area contributed by atoms with Gasteiger partial charge in [0.25, 0.3) is 0 Å². The van der Waals surface area contributed by atoms with Crippen molar-refractivity contribution in [1.82, 2.24) is 4.98 Å². The molecule has 0 radical (unpaired) electrons. The van der Waals surface area contributed by atoms with Crippen LogP contribution in [0.15, 0.2) is 12.3 Å². The summed E-state index contributed by atoms with van der Waals surface area (Å²) in [6, 6.07) is 1.84. The normalized spacial score (nSPS) is 15.5. The van der Waals surface area contributed by atoms with Crippen molar-refractivity contribution in [2.24, 2.45) is 0 Å². The Morgan fingerprint density at radius 3 is 3.00 bits per heavy atom. The lowest BCUT2D eigenvalue weighted by molar-refractivity contribution is 0.111. The van der Waals surface area contributed by atoms with Crippen LogP contribution in [0.25, 0.3) is 0 Å². The molecule has 0 aromatic carbocycles. The van der Waals surface area contributed by atoms with E-state index >= 15 is 0 Å². The van der Waals surface area contributed by atoms with Crippen molar-refractivity contribution in [1.29, 1.82) is 0 Å². The van der Waals surface area contributed by atoms with Crippen molar-refractivity contribution in [2.45, 2.75) is 18.9 Å². The van der Waals surface area contributed by atoms with Crippen LogP contribution < -0.4 is 4.74 Å². The number of aromatic nitrogens is 1.